The molecule has 6 heteroatoms. The van der Waals surface area contributed by atoms with Crippen LogP contribution in [0.2, 0.25) is 5.02 Å². The van der Waals surface area contributed by atoms with Crippen LogP contribution in [0, 0.1) is 0 Å². The van der Waals surface area contributed by atoms with Gasteiger partial charge in [-0.2, -0.15) is 0 Å². The summed E-state index contributed by atoms with van der Waals surface area (Å²) in [7, 11) is 3.40. The van der Waals surface area contributed by atoms with Crippen molar-refractivity contribution in [3.63, 3.8) is 0 Å². The highest BCUT2D eigenvalue weighted by Crippen LogP contribution is 2.36. The van der Waals surface area contributed by atoms with E-state index in [-0.39, 0.29) is 5.91 Å². The van der Waals surface area contributed by atoms with E-state index < -0.39 is 0 Å². The summed E-state index contributed by atoms with van der Waals surface area (Å²) in [4.78, 5) is 11.7. The van der Waals surface area contributed by atoms with E-state index in [1.54, 1.807) is 19.2 Å². The molecular formula is C12H16BrClN2O2. The van der Waals surface area contributed by atoms with Crippen LogP contribution in [0.3, 0.4) is 0 Å². The summed E-state index contributed by atoms with van der Waals surface area (Å²) >= 11 is 9.28. The molecule has 0 aliphatic carbocycles. The second-order valence-corrected chi connectivity index (χ2v) is 5.01. The van der Waals surface area contributed by atoms with Crippen LogP contribution in [0.1, 0.15) is 12.8 Å². The lowest BCUT2D eigenvalue weighted by atomic mass is 10.2. The van der Waals surface area contributed by atoms with E-state index in [0.29, 0.717) is 27.4 Å². The lowest BCUT2D eigenvalue weighted by Crippen LogP contribution is -2.15. The number of rotatable bonds is 6. The molecule has 0 unspecified atom stereocenters. The summed E-state index contributed by atoms with van der Waals surface area (Å²) in [5.74, 6) is 0.513. The first-order valence-corrected chi connectivity index (χ1v) is 6.73. The molecule has 1 aromatic carbocycles. The highest BCUT2D eigenvalue weighted by atomic mass is 79.9. The number of nitrogens with one attached hydrogen (secondary N) is 2. The van der Waals surface area contributed by atoms with Crippen LogP contribution in [0.15, 0.2) is 16.6 Å². The first kappa shape index (κ1) is 15.3. The van der Waals surface area contributed by atoms with Gasteiger partial charge in [0, 0.05) is 11.4 Å². The second kappa shape index (κ2) is 7.61. The number of benzene rings is 1. The molecule has 100 valence electrons. The Balaban J connectivity index is 2.74. The minimum absolute atomic E-state index is 0.0577. The number of anilines is 1. The average molecular weight is 336 g/mol. The Kier molecular flexibility index (Phi) is 6.46. The lowest BCUT2D eigenvalue weighted by Gasteiger charge is -2.12. The van der Waals surface area contributed by atoms with Crippen molar-refractivity contribution in [3.8, 4) is 5.75 Å². The number of methoxy groups -OCH3 is 1. The molecule has 0 atom stereocenters. The van der Waals surface area contributed by atoms with E-state index in [9.17, 15) is 4.79 Å². The number of ether oxygens (including phenoxy) is 1. The lowest BCUT2D eigenvalue weighted by molar-refractivity contribution is -0.116. The largest absolute Gasteiger partial charge is 0.493 e. The maximum Gasteiger partial charge on any atom is 0.224 e. The number of carbonyl (C=O) groups is 1. The second-order valence-electron chi connectivity index (χ2n) is 3.72. The van der Waals surface area contributed by atoms with Gasteiger partial charge in [-0.15, -0.1) is 0 Å². The Morgan fingerprint density at radius 1 is 1.50 bits per heavy atom. The minimum atomic E-state index is -0.0577. The normalized spacial score (nSPS) is 10.2. The summed E-state index contributed by atoms with van der Waals surface area (Å²) < 4.78 is 5.94. The molecule has 18 heavy (non-hydrogen) atoms. The number of halogens is 2. The molecule has 4 nitrogen and oxygen atoms in total. The van der Waals surface area contributed by atoms with E-state index in [1.807, 2.05) is 7.05 Å². The quantitative estimate of drug-likeness (QED) is 0.786. The van der Waals surface area contributed by atoms with Gasteiger partial charge >= 0.3 is 0 Å². The van der Waals surface area contributed by atoms with Crippen LogP contribution < -0.4 is 15.4 Å². The van der Waals surface area contributed by atoms with Gasteiger partial charge in [0.25, 0.3) is 0 Å². The molecule has 1 rings (SSSR count). The van der Waals surface area contributed by atoms with E-state index in [4.69, 9.17) is 16.3 Å². The SMILES string of the molecule is CNCCCC(=O)Nc1cc(Cl)cc(Br)c1OC. The third-order valence-electron chi connectivity index (χ3n) is 2.32. The molecule has 0 aliphatic rings. The van der Waals surface area contributed by atoms with Crippen molar-refractivity contribution in [3.05, 3.63) is 21.6 Å². The average Bonchev–Trinajstić information content (AvgIpc) is 2.28. The van der Waals surface area contributed by atoms with E-state index in [1.165, 1.54) is 0 Å². The highest BCUT2D eigenvalue weighted by Gasteiger charge is 2.11. The summed E-state index contributed by atoms with van der Waals surface area (Å²) in [5, 5.41) is 6.33. The van der Waals surface area contributed by atoms with Crippen LogP contribution in [-0.2, 0) is 4.79 Å². The van der Waals surface area contributed by atoms with Gasteiger partial charge in [-0.05, 0) is 48.1 Å². The molecule has 0 aromatic heterocycles. The Hall–Kier alpha value is -0.780. The standard InChI is InChI=1S/C12H16BrClN2O2/c1-15-5-3-4-11(17)16-10-7-8(14)6-9(13)12(10)18-2/h6-7,15H,3-5H2,1-2H3,(H,16,17). The van der Waals surface area contributed by atoms with Crippen molar-refractivity contribution >= 4 is 39.1 Å². The smallest absolute Gasteiger partial charge is 0.224 e. The van der Waals surface area contributed by atoms with Gasteiger partial charge in [0.1, 0.15) is 0 Å². The van der Waals surface area contributed by atoms with Crippen molar-refractivity contribution in [2.75, 3.05) is 26.0 Å². The molecule has 2 N–H and O–H groups in total. The van der Waals surface area contributed by atoms with Crippen LogP contribution >= 0.6 is 27.5 Å². The van der Waals surface area contributed by atoms with Gasteiger partial charge in [-0.25, -0.2) is 0 Å². The van der Waals surface area contributed by atoms with Gasteiger partial charge < -0.3 is 15.4 Å². The fourth-order valence-corrected chi connectivity index (χ4v) is 2.47. The van der Waals surface area contributed by atoms with Crippen molar-refractivity contribution < 1.29 is 9.53 Å². The Bertz CT molecular complexity index is 427. The van der Waals surface area contributed by atoms with Crippen molar-refractivity contribution in [2.24, 2.45) is 0 Å². The van der Waals surface area contributed by atoms with Gasteiger partial charge in [0.2, 0.25) is 5.91 Å². The topological polar surface area (TPSA) is 50.4 Å². The first-order chi connectivity index (χ1) is 8.58. The molecule has 1 amide bonds. The fourth-order valence-electron chi connectivity index (χ4n) is 1.50. The third kappa shape index (κ3) is 4.48. The van der Waals surface area contributed by atoms with Gasteiger partial charge in [0.15, 0.2) is 5.75 Å². The molecule has 1 aromatic rings. The van der Waals surface area contributed by atoms with Crippen molar-refractivity contribution in [2.45, 2.75) is 12.8 Å². The molecule has 0 bridgehead atoms. The third-order valence-corrected chi connectivity index (χ3v) is 3.12. The molecule has 0 fully saturated rings. The van der Waals surface area contributed by atoms with Crippen LogP contribution in [0.25, 0.3) is 0 Å². The number of hydrogen-bond donors (Lipinski definition) is 2. The number of amides is 1. The number of hydrogen-bond acceptors (Lipinski definition) is 3. The summed E-state index contributed by atoms with van der Waals surface area (Å²) in [6.07, 6.45) is 1.24. The van der Waals surface area contributed by atoms with E-state index in [2.05, 4.69) is 26.6 Å². The monoisotopic (exact) mass is 334 g/mol. The van der Waals surface area contributed by atoms with Crippen LogP contribution in [0.4, 0.5) is 5.69 Å². The Morgan fingerprint density at radius 2 is 2.22 bits per heavy atom. The predicted octanol–water partition coefficient (Wildman–Crippen LogP) is 3.05. The fraction of sp³-hybridized carbons (Fsp3) is 0.417. The minimum Gasteiger partial charge on any atom is -0.493 e. The molecule has 0 spiro atoms. The molecule has 0 saturated heterocycles. The zero-order valence-corrected chi connectivity index (χ0v) is 12.7. The summed E-state index contributed by atoms with van der Waals surface area (Å²) in [5.41, 5.74) is 0.575. The van der Waals surface area contributed by atoms with Crippen molar-refractivity contribution in [1.29, 1.82) is 0 Å². The van der Waals surface area contributed by atoms with Crippen LogP contribution in [-0.4, -0.2) is 26.6 Å². The predicted molar refractivity (Wildman–Crippen MR) is 77.5 cm³/mol. The number of carbonyl (C=O) groups excluding carboxylic acids is 1. The Labute approximate surface area is 120 Å². The van der Waals surface area contributed by atoms with E-state index >= 15 is 0 Å². The molecular weight excluding hydrogens is 320 g/mol. The zero-order valence-electron chi connectivity index (χ0n) is 10.3. The zero-order chi connectivity index (χ0) is 13.5. The van der Waals surface area contributed by atoms with Gasteiger partial charge in [-0.1, -0.05) is 11.6 Å². The maximum atomic E-state index is 11.7. The Morgan fingerprint density at radius 3 is 2.83 bits per heavy atom. The summed E-state index contributed by atoms with van der Waals surface area (Å²) in [6.45, 7) is 0.809. The van der Waals surface area contributed by atoms with Crippen LogP contribution in [0.5, 0.6) is 5.75 Å². The maximum absolute atomic E-state index is 11.7. The highest BCUT2D eigenvalue weighted by molar-refractivity contribution is 9.10. The van der Waals surface area contributed by atoms with Gasteiger partial charge in [0.05, 0.1) is 17.3 Å². The first-order valence-electron chi connectivity index (χ1n) is 5.56. The molecule has 0 aliphatic heterocycles. The van der Waals surface area contributed by atoms with Crippen molar-refractivity contribution in [1.82, 2.24) is 5.32 Å². The van der Waals surface area contributed by atoms with Gasteiger partial charge in [-0.3, -0.25) is 4.79 Å². The molecule has 0 radical (unpaired) electrons. The van der Waals surface area contributed by atoms with E-state index in [0.717, 1.165) is 13.0 Å². The summed E-state index contributed by atoms with van der Waals surface area (Å²) in [6, 6.07) is 3.39. The molecule has 0 heterocycles. The molecule has 0 saturated carbocycles.